The highest BCUT2D eigenvalue weighted by Crippen LogP contribution is 2.37. The Balaban J connectivity index is 2.07. The largest absolute Gasteiger partial charge is 0.452 e. The number of nitro benzene ring substituents is 1. The molecule has 0 aliphatic heterocycles. The first-order valence-electron chi connectivity index (χ1n) is 8.08. The lowest BCUT2D eigenvalue weighted by molar-refractivity contribution is -0.385. The number of ether oxygens (including phenoxy) is 1. The normalized spacial score (nSPS) is 12.2. The summed E-state index contributed by atoms with van der Waals surface area (Å²) in [6, 6.07) is 8.69. The Morgan fingerprint density at radius 2 is 1.83 bits per heavy atom. The third-order valence-corrected chi connectivity index (χ3v) is 4.25. The number of hydrogen-bond donors (Lipinski definition) is 1. The van der Waals surface area contributed by atoms with E-state index in [1.165, 1.54) is 6.92 Å². The van der Waals surface area contributed by atoms with E-state index in [-0.39, 0.29) is 6.42 Å². The minimum Gasteiger partial charge on any atom is -0.452 e. The van der Waals surface area contributed by atoms with Gasteiger partial charge in [-0.15, -0.1) is 0 Å². The van der Waals surface area contributed by atoms with Crippen LogP contribution in [-0.4, -0.2) is 22.9 Å². The molecule has 1 atom stereocenters. The van der Waals surface area contributed by atoms with Crippen LogP contribution in [0.2, 0.25) is 0 Å². The number of halogens is 4. The van der Waals surface area contributed by atoms with E-state index in [9.17, 15) is 32.9 Å². The summed E-state index contributed by atoms with van der Waals surface area (Å²) in [4.78, 5) is 33.8. The van der Waals surface area contributed by atoms with Crippen molar-refractivity contribution >= 4 is 39.2 Å². The summed E-state index contributed by atoms with van der Waals surface area (Å²) in [5, 5.41) is 12.7. The van der Waals surface area contributed by atoms with Gasteiger partial charge in [-0.2, -0.15) is 13.2 Å². The fraction of sp³-hybridized carbons (Fsp3) is 0.222. The predicted molar refractivity (Wildman–Crippen MR) is 100 cm³/mol. The highest BCUT2D eigenvalue weighted by molar-refractivity contribution is 9.10. The molecule has 154 valence electrons. The van der Waals surface area contributed by atoms with Crippen molar-refractivity contribution in [3.05, 3.63) is 68.2 Å². The first-order chi connectivity index (χ1) is 13.5. The second-order valence-corrected chi connectivity index (χ2v) is 6.83. The predicted octanol–water partition coefficient (Wildman–Crippen LogP) is 4.49. The van der Waals surface area contributed by atoms with Crippen molar-refractivity contribution in [2.24, 2.45) is 0 Å². The molecule has 0 bridgehead atoms. The number of alkyl halides is 3. The molecule has 0 saturated heterocycles. The summed E-state index contributed by atoms with van der Waals surface area (Å²) >= 11 is 3.25. The number of carbonyl (C=O) groups is 2. The van der Waals surface area contributed by atoms with E-state index < -0.39 is 46.0 Å². The van der Waals surface area contributed by atoms with Crippen LogP contribution in [0.1, 0.15) is 18.1 Å². The van der Waals surface area contributed by atoms with E-state index >= 15 is 0 Å². The van der Waals surface area contributed by atoms with Gasteiger partial charge in [-0.1, -0.05) is 28.1 Å². The second-order valence-electron chi connectivity index (χ2n) is 5.91. The first-order valence-corrected chi connectivity index (χ1v) is 8.87. The van der Waals surface area contributed by atoms with Gasteiger partial charge in [0.2, 0.25) is 0 Å². The zero-order valence-corrected chi connectivity index (χ0v) is 16.4. The molecule has 11 heteroatoms. The van der Waals surface area contributed by atoms with Crippen LogP contribution in [0.25, 0.3) is 0 Å². The molecule has 0 aliphatic rings. The molecule has 0 heterocycles. The van der Waals surface area contributed by atoms with Gasteiger partial charge in [0.05, 0.1) is 22.6 Å². The number of carbonyl (C=O) groups excluding carboxylic acids is 2. The number of nitro groups is 1. The summed E-state index contributed by atoms with van der Waals surface area (Å²) in [5.74, 6) is -1.75. The maximum absolute atomic E-state index is 13.2. The molecule has 29 heavy (non-hydrogen) atoms. The molecule has 7 nitrogen and oxygen atoms in total. The second kappa shape index (κ2) is 9.03. The van der Waals surface area contributed by atoms with E-state index in [1.807, 2.05) is 5.32 Å². The molecule has 0 aliphatic carbocycles. The number of nitrogens with one attached hydrogen (secondary N) is 1. The van der Waals surface area contributed by atoms with Crippen LogP contribution in [0.15, 0.2) is 46.9 Å². The smallest absolute Gasteiger partial charge is 0.418 e. The lowest BCUT2D eigenvalue weighted by Gasteiger charge is -2.17. The zero-order valence-electron chi connectivity index (χ0n) is 14.8. The molecule has 2 aromatic carbocycles. The van der Waals surface area contributed by atoms with E-state index in [0.29, 0.717) is 11.6 Å². The van der Waals surface area contributed by atoms with Gasteiger partial charge in [0.15, 0.2) is 6.10 Å². The molecule has 1 N–H and O–H groups in total. The minimum absolute atomic E-state index is 0.129. The van der Waals surface area contributed by atoms with Crippen molar-refractivity contribution in [2.45, 2.75) is 25.6 Å². The zero-order chi connectivity index (χ0) is 21.8. The third kappa shape index (κ3) is 6.28. The fourth-order valence-electron chi connectivity index (χ4n) is 2.28. The summed E-state index contributed by atoms with van der Waals surface area (Å²) in [5.41, 5.74) is -2.21. The van der Waals surface area contributed by atoms with Crippen LogP contribution < -0.4 is 5.32 Å². The Morgan fingerprint density at radius 1 is 1.21 bits per heavy atom. The van der Waals surface area contributed by atoms with Crippen LogP contribution in [0.3, 0.4) is 0 Å². The van der Waals surface area contributed by atoms with Crippen LogP contribution in [-0.2, 0) is 26.9 Å². The number of esters is 1. The topological polar surface area (TPSA) is 98.5 Å². The van der Waals surface area contributed by atoms with Gasteiger partial charge in [0, 0.05) is 16.6 Å². The van der Waals surface area contributed by atoms with Crippen molar-refractivity contribution in [2.75, 3.05) is 5.32 Å². The Hall–Kier alpha value is -2.95. The highest BCUT2D eigenvalue weighted by atomic mass is 79.9. The average Bonchev–Trinajstić information content (AvgIpc) is 2.62. The molecule has 0 fully saturated rings. The van der Waals surface area contributed by atoms with E-state index in [4.69, 9.17) is 4.74 Å². The van der Waals surface area contributed by atoms with Crippen molar-refractivity contribution in [1.29, 1.82) is 0 Å². The maximum atomic E-state index is 13.2. The molecular formula is C18H14BrF3N2O5. The molecule has 2 rings (SSSR count). The number of anilines is 1. The first kappa shape index (κ1) is 22.3. The molecule has 0 aromatic heterocycles. The Bertz CT molecular complexity index is 932. The highest BCUT2D eigenvalue weighted by Gasteiger charge is 2.36. The Morgan fingerprint density at radius 3 is 2.38 bits per heavy atom. The molecule has 1 amide bonds. The van der Waals surface area contributed by atoms with Crippen LogP contribution >= 0.6 is 15.9 Å². The lowest BCUT2D eigenvalue weighted by atomic mass is 10.1. The fourth-order valence-corrected chi connectivity index (χ4v) is 2.55. The van der Waals surface area contributed by atoms with E-state index in [0.717, 1.165) is 16.6 Å². The van der Waals surface area contributed by atoms with Crippen molar-refractivity contribution in [3.8, 4) is 0 Å². The monoisotopic (exact) mass is 474 g/mol. The lowest BCUT2D eigenvalue weighted by Crippen LogP contribution is -2.31. The molecule has 2 aromatic rings. The summed E-state index contributed by atoms with van der Waals surface area (Å²) in [6.45, 7) is 1.20. The third-order valence-electron chi connectivity index (χ3n) is 3.72. The maximum Gasteiger partial charge on any atom is 0.418 e. The minimum atomic E-state index is -4.93. The van der Waals surface area contributed by atoms with E-state index in [2.05, 4.69) is 15.9 Å². The average molecular weight is 475 g/mol. The van der Waals surface area contributed by atoms with Crippen LogP contribution in [0.5, 0.6) is 0 Å². The number of hydrogen-bond acceptors (Lipinski definition) is 5. The molecule has 0 saturated carbocycles. The number of rotatable bonds is 6. The van der Waals surface area contributed by atoms with Crippen molar-refractivity contribution in [3.63, 3.8) is 0 Å². The number of amides is 1. The summed E-state index contributed by atoms with van der Waals surface area (Å²) < 4.78 is 45.2. The molecule has 0 radical (unpaired) electrons. The quantitative estimate of drug-likeness (QED) is 0.377. The van der Waals surface area contributed by atoms with Gasteiger partial charge < -0.3 is 10.1 Å². The molecular weight excluding hydrogens is 461 g/mol. The summed E-state index contributed by atoms with van der Waals surface area (Å²) in [6.07, 6.45) is -6.44. The van der Waals surface area contributed by atoms with Gasteiger partial charge in [-0.25, -0.2) is 0 Å². The van der Waals surface area contributed by atoms with Gasteiger partial charge in [-0.3, -0.25) is 19.7 Å². The Kier molecular flexibility index (Phi) is 6.96. The van der Waals surface area contributed by atoms with Gasteiger partial charge in [0.1, 0.15) is 0 Å². The number of nitrogens with zero attached hydrogens (tertiary/aromatic N) is 1. The standard InChI is InChI=1S/C18H14BrF3N2O5/c1-10(29-16(25)8-11-2-4-12(19)5-3-11)17(26)23-15-7-6-13(24(27)28)9-14(15)18(20,21)22/h2-7,9-10H,8H2,1H3,(H,23,26). The van der Waals surface area contributed by atoms with E-state index in [1.54, 1.807) is 24.3 Å². The number of benzene rings is 2. The molecule has 1 unspecified atom stereocenters. The summed E-state index contributed by atoms with van der Waals surface area (Å²) in [7, 11) is 0. The van der Waals surface area contributed by atoms with Gasteiger partial charge >= 0.3 is 12.1 Å². The Labute approximate surface area is 171 Å². The number of non-ortho nitro benzene ring substituents is 1. The van der Waals surface area contributed by atoms with Crippen LogP contribution in [0.4, 0.5) is 24.5 Å². The molecule has 0 spiro atoms. The van der Waals surface area contributed by atoms with Gasteiger partial charge in [-0.05, 0) is 30.7 Å². The SMILES string of the molecule is CC(OC(=O)Cc1ccc(Br)cc1)C(=O)Nc1ccc([N+](=O)[O-])cc1C(F)(F)F. The van der Waals surface area contributed by atoms with Crippen molar-refractivity contribution < 1.29 is 32.4 Å². The van der Waals surface area contributed by atoms with Crippen LogP contribution in [0, 0.1) is 10.1 Å². The van der Waals surface area contributed by atoms with Gasteiger partial charge in [0.25, 0.3) is 11.6 Å². The van der Waals surface area contributed by atoms with Crippen molar-refractivity contribution in [1.82, 2.24) is 0 Å².